The van der Waals surface area contributed by atoms with Crippen LogP contribution in [0.4, 0.5) is 4.79 Å². The van der Waals surface area contributed by atoms with Crippen LogP contribution in [0.25, 0.3) is 0 Å². The summed E-state index contributed by atoms with van der Waals surface area (Å²) in [5, 5.41) is 4.02. The van der Waals surface area contributed by atoms with E-state index in [1.54, 1.807) is 27.6 Å². The van der Waals surface area contributed by atoms with Crippen molar-refractivity contribution in [1.82, 2.24) is 4.90 Å². The molecule has 0 fully saturated rings. The molecule has 2 rings (SSSR count). The third-order valence-corrected chi connectivity index (χ3v) is 5.00. The van der Waals surface area contributed by atoms with Crippen LogP contribution in [0.3, 0.4) is 0 Å². The molecule has 0 aliphatic carbocycles. The van der Waals surface area contributed by atoms with Gasteiger partial charge in [-0.25, -0.2) is 4.79 Å². The van der Waals surface area contributed by atoms with Crippen molar-refractivity contribution >= 4 is 28.8 Å². The fourth-order valence-corrected chi connectivity index (χ4v) is 3.49. The molecular weight excluding hydrogens is 328 g/mol. The Morgan fingerprint density at radius 2 is 1.87 bits per heavy atom. The average Bonchev–Trinajstić information content (AvgIpc) is 3.23. The predicted octanol–water partition coefficient (Wildman–Crippen LogP) is 4.24. The number of amides is 1. The van der Waals surface area contributed by atoms with Crippen LogP contribution >= 0.6 is 22.7 Å². The van der Waals surface area contributed by atoms with Crippen molar-refractivity contribution in [2.45, 2.75) is 32.0 Å². The van der Waals surface area contributed by atoms with Crippen LogP contribution in [0.15, 0.2) is 47.7 Å². The maximum Gasteiger partial charge on any atom is 0.410 e. The lowest BCUT2D eigenvalue weighted by atomic mass is 10.2. The monoisotopic (exact) mass is 350 g/mol. The first-order chi connectivity index (χ1) is 11.2. The molecule has 2 aromatic heterocycles. The second kappa shape index (κ2) is 9.50. The van der Waals surface area contributed by atoms with E-state index in [-0.39, 0.29) is 18.7 Å². The molecule has 0 saturated heterocycles. The highest BCUT2D eigenvalue weighted by Gasteiger charge is 2.18. The molecule has 0 aliphatic rings. The van der Waals surface area contributed by atoms with E-state index in [9.17, 15) is 4.79 Å². The number of nitrogens with two attached hydrogens (primary N) is 1. The Morgan fingerprint density at radius 1 is 1.26 bits per heavy atom. The fourth-order valence-electron chi connectivity index (χ4n) is 2.05. The highest BCUT2D eigenvalue weighted by Crippen LogP contribution is 2.18. The Balaban J connectivity index is 1.92. The second-order valence-electron chi connectivity index (χ2n) is 5.22. The van der Waals surface area contributed by atoms with E-state index in [1.807, 2.05) is 41.1 Å². The van der Waals surface area contributed by atoms with E-state index < -0.39 is 0 Å². The molecule has 2 heterocycles. The Labute approximate surface area is 145 Å². The zero-order valence-corrected chi connectivity index (χ0v) is 14.7. The molecule has 2 N–H and O–H groups in total. The third-order valence-electron chi connectivity index (χ3n) is 3.27. The van der Waals surface area contributed by atoms with Crippen molar-refractivity contribution in [3.05, 3.63) is 57.4 Å². The molecule has 1 atom stereocenters. The summed E-state index contributed by atoms with van der Waals surface area (Å²) in [6, 6.07) is 7.87. The number of hydrogen-bond donors (Lipinski definition) is 1. The summed E-state index contributed by atoms with van der Waals surface area (Å²) in [6.07, 6.45) is 3.10. The van der Waals surface area contributed by atoms with Gasteiger partial charge in [0.05, 0.1) is 13.1 Å². The number of thiophene rings is 2. The average molecular weight is 351 g/mol. The standard InChI is InChI=1S/C17H22N2O2S2/c1-2-3-6-14(18)13-21-17(20)19(11-15-7-4-9-22-15)12-16-8-5-10-23-16/h2,4-5,7-10,14H,1,3,6,11-13,18H2/t14-/m0/s1. The number of rotatable bonds is 9. The van der Waals surface area contributed by atoms with Crippen molar-refractivity contribution in [3.63, 3.8) is 0 Å². The highest BCUT2D eigenvalue weighted by atomic mass is 32.1. The van der Waals surface area contributed by atoms with Crippen LogP contribution in [-0.2, 0) is 17.8 Å². The third kappa shape index (κ3) is 6.17. The van der Waals surface area contributed by atoms with Gasteiger partial charge in [0.25, 0.3) is 0 Å². The summed E-state index contributed by atoms with van der Waals surface area (Å²) in [4.78, 5) is 16.4. The van der Waals surface area contributed by atoms with Gasteiger partial charge in [-0.3, -0.25) is 4.90 Å². The molecule has 23 heavy (non-hydrogen) atoms. The normalized spacial score (nSPS) is 11.9. The van der Waals surface area contributed by atoms with Gasteiger partial charge in [-0.15, -0.1) is 29.3 Å². The second-order valence-corrected chi connectivity index (χ2v) is 7.28. The summed E-state index contributed by atoms with van der Waals surface area (Å²) >= 11 is 3.27. The summed E-state index contributed by atoms with van der Waals surface area (Å²) in [5.41, 5.74) is 5.94. The van der Waals surface area contributed by atoms with E-state index >= 15 is 0 Å². The van der Waals surface area contributed by atoms with Crippen molar-refractivity contribution in [1.29, 1.82) is 0 Å². The van der Waals surface area contributed by atoms with Gasteiger partial charge in [-0.1, -0.05) is 18.2 Å². The molecule has 2 aromatic rings. The van der Waals surface area contributed by atoms with Crippen LogP contribution in [0.5, 0.6) is 0 Å². The van der Waals surface area contributed by atoms with Crippen LogP contribution in [0, 0.1) is 0 Å². The van der Waals surface area contributed by atoms with Gasteiger partial charge in [0.15, 0.2) is 0 Å². The van der Waals surface area contributed by atoms with E-state index in [2.05, 4.69) is 6.58 Å². The minimum absolute atomic E-state index is 0.151. The molecule has 124 valence electrons. The molecule has 0 aromatic carbocycles. The predicted molar refractivity (Wildman–Crippen MR) is 96.6 cm³/mol. The molecule has 0 spiro atoms. The summed E-state index contributed by atoms with van der Waals surface area (Å²) in [5.74, 6) is 0. The lowest BCUT2D eigenvalue weighted by molar-refractivity contribution is 0.0917. The number of nitrogens with zero attached hydrogens (tertiary/aromatic N) is 1. The molecule has 4 nitrogen and oxygen atoms in total. The molecule has 6 heteroatoms. The molecule has 0 bridgehead atoms. The van der Waals surface area contributed by atoms with Gasteiger partial charge in [-0.2, -0.15) is 0 Å². The number of carbonyl (C=O) groups is 1. The van der Waals surface area contributed by atoms with Gasteiger partial charge in [0, 0.05) is 15.8 Å². The lowest BCUT2D eigenvalue weighted by Gasteiger charge is -2.22. The fraction of sp³-hybridized carbons (Fsp3) is 0.353. The first-order valence-corrected chi connectivity index (χ1v) is 9.28. The van der Waals surface area contributed by atoms with E-state index in [0.717, 1.165) is 22.6 Å². The van der Waals surface area contributed by atoms with Gasteiger partial charge >= 0.3 is 6.09 Å². The van der Waals surface area contributed by atoms with Crippen molar-refractivity contribution < 1.29 is 9.53 Å². The Hall–Kier alpha value is -1.63. The molecule has 0 saturated carbocycles. The number of hydrogen-bond acceptors (Lipinski definition) is 5. The summed E-state index contributed by atoms with van der Waals surface area (Å²) in [7, 11) is 0. The van der Waals surface area contributed by atoms with E-state index in [0.29, 0.717) is 13.1 Å². The van der Waals surface area contributed by atoms with Gasteiger partial charge < -0.3 is 10.5 Å². The zero-order valence-electron chi connectivity index (χ0n) is 13.0. The SMILES string of the molecule is C=CCC[C@H](N)COC(=O)N(Cc1cccs1)Cc1cccs1. The van der Waals surface area contributed by atoms with Crippen LogP contribution < -0.4 is 5.73 Å². The molecule has 0 radical (unpaired) electrons. The quantitative estimate of drug-likeness (QED) is 0.688. The zero-order chi connectivity index (χ0) is 16.5. The smallest absolute Gasteiger partial charge is 0.410 e. The van der Waals surface area contributed by atoms with Crippen LogP contribution in [0.2, 0.25) is 0 Å². The molecule has 0 aliphatic heterocycles. The maximum absolute atomic E-state index is 12.4. The van der Waals surface area contributed by atoms with Gasteiger partial charge in [-0.05, 0) is 35.7 Å². The Kier molecular flexibility index (Phi) is 7.32. The lowest BCUT2D eigenvalue weighted by Crippen LogP contribution is -2.34. The first-order valence-electron chi connectivity index (χ1n) is 7.52. The minimum atomic E-state index is -0.319. The molecule has 1 amide bonds. The minimum Gasteiger partial charge on any atom is -0.448 e. The van der Waals surface area contributed by atoms with Gasteiger partial charge in [0.1, 0.15) is 6.61 Å². The van der Waals surface area contributed by atoms with Crippen LogP contribution in [-0.4, -0.2) is 23.6 Å². The van der Waals surface area contributed by atoms with Crippen molar-refractivity contribution in [3.8, 4) is 0 Å². The van der Waals surface area contributed by atoms with Crippen LogP contribution in [0.1, 0.15) is 22.6 Å². The molecular formula is C17H22N2O2S2. The van der Waals surface area contributed by atoms with Crippen molar-refractivity contribution in [2.75, 3.05) is 6.61 Å². The largest absolute Gasteiger partial charge is 0.448 e. The van der Waals surface area contributed by atoms with Crippen molar-refractivity contribution in [2.24, 2.45) is 5.73 Å². The topological polar surface area (TPSA) is 55.6 Å². The van der Waals surface area contributed by atoms with E-state index in [1.165, 1.54) is 0 Å². The summed E-state index contributed by atoms with van der Waals surface area (Å²) in [6.45, 7) is 5.01. The Morgan fingerprint density at radius 3 is 2.35 bits per heavy atom. The van der Waals surface area contributed by atoms with E-state index in [4.69, 9.17) is 10.5 Å². The molecule has 0 unspecified atom stereocenters. The highest BCUT2D eigenvalue weighted by molar-refractivity contribution is 7.10. The van der Waals surface area contributed by atoms with Gasteiger partial charge in [0.2, 0.25) is 0 Å². The number of allylic oxidation sites excluding steroid dienone is 1. The number of ether oxygens (including phenoxy) is 1. The Bertz CT molecular complexity index is 546. The maximum atomic E-state index is 12.4. The first kappa shape index (κ1) is 17.7. The summed E-state index contributed by atoms with van der Waals surface area (Å²) < 4.78 is 5.40. The number of carbonyl (C=O) groups excluding carboxylic acids is 1.